The van der Waals surface area contributed by atoms with Gasteiger partial charge >= 0.3 is 5.97 Å². The van der Waals surface area contributed by atoms with E-state index in [1.165, 1.54) is 6.54 Å². The maximum Gasteiger partial charge on any atom is 0.314 e. The van der Waals surface area contributed by atoms with E-state index >= 15 is 0 Å². The smallest absolute Gasteiger partial charge is 0.314 e. The van der Waals surface area contributed by atoms with Crippen molar-refractivity contribution in [2.45, 2.75) is 19.8 Å². The first-order chi connectivity index (χ1) is 6.05. The molecule has 0 aliphatic carbocycles. The third-order valence-electron chi connectivity index (χ3n) is 2.65. The molecule has 0 radical (unpaired) electrons. The molecule has 0 spiro atoms. The van der Waals surface area contributed by atoms with E-state index in [0.29, 0.717) is 6.61 Å². The molecule has 0 bridgehead atoms. The second kappa shape index (κ2) is 4.09. The fourth-order valence-electron chi connectivity index (χ4n) is 2.00. The average molecular weight is 186 g/mol. The molecule has 1 unspecified atom stereocenters. The van der Waals surface area contributed by atoms with Crippen molar-refractivity contribution >= 4 is 5.97 Å². The van der Waals surface area contributed by atoms with Crippen LogP contribution in [0.25, 0.3) is 0 Å². The monoisotopic (exact) mass is 186 g/mol. The van der Waals surface area contributed by atoms with Crippen molar-refractivity contribution in [1.82, 2.24) is 0 Å². The molecule has 76 valence electrons. The molecule has 1 saturated heterocycles. The Bertz CT molecular complexity index is 189. The Kier molecular flexibility index (Phi) is 3.31. The van der Waals surface area contributed by atoms with Crippen molar-refractivity contribution < 1.29 is 14.0 Å². The van der Waals surface area contributed by atoms with Crippen LogP contribution in [0, 0.1) is 5.92 Å². The average Bonchev–Trinajstić information content (AvgIpc) is 2.03. The van der Waals surface area contributed by atoms with E-state index in [0.717, 1.165) is 23.9 Å². The normalized spacial score (nSPS) is 26.8. The maximum absolute atomic E-state index is 11.5. The number of ether oxygens (including phenoxy) is 1. The molecule has 0 aromatic heterocycles. The second-order valence-corrected chi connectivity index (χ2v) is 4.43. The van der Waals surface area contributed by atoms with Gasteiger partial charge in [-0.05, 0) is 19.8 Å². The van der Waals surface area contributed by atoms with Crippen LogP contribution in [0.5, 0.6) is 0 Å². The SMILES string of the molecule is CCOC(=O)C1CCC[N+](C)(C)C1. The number of carbonyl (C=O) groups is 1. The quantitative estimate of drug-likeness (QED) is 0.476. The highest BCUT2D eigenvalue weighted by molar-refractivity contribution is 5.72. The van der Waals surface area contributed by atoms with Gasteiger partial charge in [0.25, 0.3) is 0 Å². The third-order valence-corrected chi connectivity index (χ3v) is 2.65. The molecule has 1 atom stereocenters. The van der Waals surface area contributed by atoms with Gasteiger partial charge in [0.1, 0.15) is 5.92 Å². The molecule has 0 aromatic rings. The molecule has 0 N–H and O–H groups in total. The lowest BCUT2D eigenvalue weighted by molar-refractivity contribution is -0.897. The second-order valence-electron chi connectivity index (χ2n) is 4.43. The van der Waals surface area contributed by atoms with Crippen molar-refractivity contribution in [3.8, 4) is 0 Å². The summed E-state index contributed by atoms with van der Waals surface area (Å²) in [6.45, 7) is 4.47. The minimum absolute atomic E-state index is 0.00611. The Morgan fingerprint density at radius 3 is 2.77 bits per heavy atom. The molecule has 3 nitrogen and oxygen atoms in total. The standard InChI is InChI=1S/C10H20NO2/c1-4-13-10(12)9-6-5-7-11(2,3)8-9/h9H,4-8H2,1-3H3/q+1. The molecule has 1 aliphatic heterocycles. The molecule has 0 aromatic carbocycles. The fraction of sp³-hybridized carbons (Fsp3) is 0.900. The van der Waals surface area contributed by atoms with Crippen molar-refractivity contribution in [2.24, 2.45) is 5.92 Å². The predicted octanol–water partition coefficient (Wildman–Crippen LogP) is 1.04. The lowest BCUT2D eigenvalue weighted by Crippen LogP contribution is -2.49. The van der Waals surface area contributed by atoms with Crippen LogP contribution in [0.2, 0.25) is 0 Å². The molecule has 1 rings (SSSR count). The van der Waals surface area contributed by atoms with Gasteiger partial charge in [-0.15, -0.1) is 0 Å². The molecular formula is C10H20NO2+. The lowest BCUT2D eigenvalue weighted by Gasteiger charge is -2.36. The summed E-state index contributed by atoms with van der Waals surface area (Å²) in [5, 5.41) is 0. The van der Waals surface area contributed by atoms with Gasteiger partial charge in [0, 0.05) is 0 Å². The number of nitrogens with zero attached hydrogens (tertiary/aromatic N) is 1. The van der Waals surface area contributed by atoms with Gasteiger partial charge in [-0.25, -0.2) is 0 Å². The van der Waals surface area contributed by atoms with Gasteiger partial charge in [0.05, 0.1) is 33.8 Å². The van der Waals surface area contributed by atoms with Crippen molar-refractivity contribution in [3.63, 3.8) is 0 Å². The lowest BCUT2D eigenvalue weighted by atomic mass is 9.97. The van der Waals surface area contributed by atoms with Gasteiger partial charge in [0.2, 0.25) is 0 Å². The Labute approximate surface area is 80.3 Å². The molecular weight excluding hydrogens is 166 g/mol. The van der Waals surface area contributed by atoms with Crippen molar-refractivity contribution in [3.05, 3.63) is 0 Å². The first kappa shape index (κ1) is 10.5. The minimum atomic E-state index is -0.00611. The number of quaternary nitrogens is 1. The van der Waals surface area contributed by atoms with Gasteiger partial charge in [-0.1, -0.05) is 0 Å². The number of likely N-dealkylation sites (tertiary alicyclic amines) is 1. The van der Waals surface area contributed by atoms with E-state index in [4.69, 9.17) is 4.74 Å². The van der Waals surface area contributed by atoms with Crippen LogP contribution in [0.15, 0.2) is 0 Å². The van der Waals surface area contributed by atoms with Crippen LogP contribution in [0.1, 0.15) is 19.8 Å². The first-order valence-electron chi connectivity index (χ1n) is 5.04. The third kappa shape index (κ3) is 2.99. The number of rotatable bonds is 2. The molecule has 0 saturated carbocycles. The maximum atomic E-state index is 11.5. The van der Waals surface area contributed by atoms with Crippen LogP contribution in [-0.2, 0) is 9.53 Å². The van der Waals surface area contributed by atoms with E-state index in [-0.39, 0.29) is 11.9 Å². The van der Waals surface area contributed by atoms with E-state index in [9.17, 15) is 4.79 Å². The van der Waals surface area contributed by atoms with Crippen LogP contribution in [0.3, 0.4) is 0 Å². The topological polar surface area (TPSA) is 26.3 Å². The molecule has 1 heterocycles. The summed E-state index contributed by atoms with van der Waals surface area (Å²) < 4.78 is 5.97. The summed E-state index contributed by atoms with van der Waals surface area (Å²) in [7, 11) is 4.34. The zero-order chi connectivity index (χ0) is 9.90. The van der Waals surface area contributed by atoms with Crippen molar-refractivity contribution in [2.75, 3.05) is 33.8 Å². The summed E-state index contributed by atoms with van der Waals surface area (Å²) in [6.07, 6.45) is 2.14. The van der Waals surface area contributed by atoms with Crippen LogP contribution < -0.4 is 0 Å². The van der Waals surface area contributed by atoms with Gasteiger partial charge < -0.3 is 9.22 Å². The summed E-state index contributed by atoms with van der Waals surface area (Å²) in [5.74, 6) is 0.122. The number of carbonyl (C=O) groups excluding carboxylic acids is 1. The number of hydrogen-bond acceptors (Lipinski definition) is 2. The van der Waals surface area contributed by atoms with Crippen LogP contribution in [0.4, 0.5) is 0 Å². The van der Waals surface area contributed by atoms with Crippen molar-refractivity contribution in [1.29, 1.82) is 0 Å². The molecule has 0 amide bonds. The minimum Gasteiger partial charge on any atom is -0.466 e. The van der Waals surface area contributed by atoms with Crippen LogP contribution >= 0.6 is 0 Å². The highest BCUT2D eigenvalue weighted by Crippen LogP contribution is 2.20. The summed E-state index contributed by atoms with van der Waals surface area (Å²) in [5.41, 5.74) is 0. The highest BCUT2D eigenvalue weighted by atomic mass is 16.5. The molecule has 1 fully saturated rings. The summed E-state index contributed by atoms with van der Waals surface area (Å²) in [6, 6.07) is 0. The molecule has 3 heteroatoms. The zero-order valence-electron chi connectivity index (χ0n) is 8.88. The number of esters is 1. The number of hydrogen-bond donors (Lipinski definition) is 0. The van der Waals surface area contributed by atoms with E-state index in [2.05, 4.69) is 14.1 Å². The van der Waals surface area contributed by atoms with E-state index in [1.54, 1.807) is 0 Å². The molecule has 13 heavy (non-hydrogen) atoms. The van der Waals surface area contributed by atoms with Gasteiger partial charge in [-0.2, -0.15) is 0 Å². The molecule has 1 aliphatic rings. The Balaban J connectivity index is 2.47. The zero-order valence-corrected chi connectivity index (χ0v) is 8.88. The predicted molar refractivity (Wildman–Crippen MR) is 51.2 cm³/mol. The van der Waals surface area contributed by atoms with E-state index < -0.39 is 0 Å². The Morgan fingerprint density at radius 2 is 2.23 bits per heavy atom. The van der Waals surface area contributed by atoms with E-state index in [1.807, 2.05) is 6.92 Å². The first-order valence-corrected chi connectivity index (χ1v) is 5.04. The largest absolute Gasteiger partial charge is 0.466 e. The number of piperidine rings is 1. The fourth-order valence-corrected chi connectivity index (χ4v) is 2.00. The summed E-state index contributed by atoms with van der Waals surface area (Å²) >= 11 is 0. The van der Waals surface area contributed by atoms with Gasteiger partial charge in [0.15, 0.2) is 0 Å². The van der Waals surface area contributed by atoms with Gasteiger partial charge in [-0.3, -0.25) is 4.79 Å². The Hall–Kier alpha value is -0.570. The Morgan fingerprint density at radius 1 is 1.54 bits per heavy atom. The summed E-state index contributed by atoms with van der Waals surface area (Å²) in [4.78, 5) is 11.5. The van der Waals surface area contributed by atoms with Crippen LogP contribution in [-0.4, -0.2) is 44.2 Å². The highest BCUT2D eigenvalue weighted by Gasteiger charge is 2.32.